The number of aliphatic hydroxyl groups is 1. The van der Waals surface area contributed by atoms with Gasteiger partial charge in [-0.2, -0.15) is 4.68 Å². The Kier molecular flexibility index (Phi) is 4.58. The predicted octanol–water partition coefficient (Wildman–Crippen LogP) is 2.24. The van der Waals surface area contributed by atoms with Crippen LogP contribution in [-0.4, -0.2) is 29.4 Å². The molecule has 9 heteroatoms. The van der Waals surface area contributed by atoms with Crippen molar-refractivity contribution in [2.24, 2.45) is 0 Å². The summed E-state index contributed by atoms with van der Waals surface area (Å²) in [5.74, 6) is -1.39. The zero-order valence-corrected chi connectivity index (χ0v) is 14.5. The quantitative estimate of drug-likeness (QED) is 0.553. The zero-order chi connectivity index (χ0) is 19.7. The lowest BCUT2D eigenvalue weighted by molar-refractivity contribution is 0.265. The van der Waals surface area contributed by atoms with Crippen LogP contribution in [-0.2, 0) is 13.2 Å². The van der Waals surface area contributed by atoms with E-state index in [2.05, 4.69) is 15.1 Å². The van der Waals surface area contributed by atoms with E-state index in [1.165, 1.54) is 4.57 Å². The molecule has 4 aromatic rings. The first-order chi connectivity index (χ1) is 13.5. The molecule has 4 rings (SSSR count). The molecule has 2 aromatic heterocycles. The highest BCUT2D eigenvalue weighted by Gasteiger charge is 2.15. The van der Waals surface area contributed by atoms with Gasteiger partial charge in [-0.3, -0.25) is 4.57 Å². The summed E-state index contributed by atoms with van der Waals surface area (Å²) in [7, 11) is 0. The minimum atomic E-state index is -0.741. The summed E-state index contributed by atoms with van der Waals surface area (Å²) in [6, 6.07) is 10.00. The van der Waals surface area contributed by atoms with Crippen molar-refractivity contribution in [2.75, 3.05) is 0 Å². The van der Waals surface area contributed by atoms with Crippen molar-refractivity contribution in [3.8, 4) is 16.9 Å². The number of imidazole rings is 1. The van der Waals surface area contributed by atoms with Crippen molar-refractivity contribution in [2.45, 2.75) is 13.2 Å². The van der Waals surface area contributed by atoms with E-state index in [1.807, 2.05) is 0 Å². The minimum Gasteiger partial charge on any atom is -0.388 e. The normalized spacial score (nSPS) is 11.1. The number of halogens is 2. The Morgan fingerprint density at radius 2 is 1.79 bits per heavy atom. The van der Waals surface area contributed by atoms with Gasteiger partial charge in [-0.25, -0.2) is 18.6 Å². The molecule has 2 N–H and O–H groups in total. The number of hydrogen-bond acceptors (Lipinski definition) is 4. The Morgan fingerprint density at radius 3 is 2.39 bits per heavy atom. The van der Waals surface area contributed by atoms with Crippen LogP contribution in [0.5, 0.6) is 0 Å². The topological polar surface area (TPSA) is 88.7 Å². The minimum absolute atomic E-state index is 0.0889. The Morgan fingerprint density at radius 1 is 1.07 bits per heavy atom. The van der Waals surface area contributed by atoms with E-state index in [9.17, 15) is 18.7 Å². The molecular weight excluding hydrogens is 368 g/mol. The fraction of sp³-hybridized carbons (Fsp3) is 0.105. The van der Waals surface area contributed by atoms with Gasteiger partial charge in [0.1, 0.15) is 18.2 Å². The van der Waals surface area contributed by atoms with Crippen LogP contribution in [0, 0.1) is 11.6 Å². The highest BCUT2D eigenvalue weighted by atomic mass is 19.1. The smallest absolute Gasteiger partial charge is 0.351 e. The van der Waals surface area contributed by atoms with E-state index in [0.29, 0.717) is 5.69 Å². The van der Waals surface area contributed by atoms with E-state index in [-0.39, 0.29) is 17.9 Å². The maximum Gasteiger partial charge on any atom is 0.351 e. The van der Waals surface area contributed by atoms with Gasteiger partial charge in [0.15, 0.2) is 5.82 Å². The largest absolute Gasteiger partial charge is 0.388 e. The highest BCUT2D eigenvalue weighted by Crippen LogP contribution is 2.18. The lowest BCUT2D eigenvalue weighted by atomic mass is 10.1. The molecule has 7 nitrogen and oxygen atoms in total. The fourth-order valence-corrected chi connectivity index (χ4v) is 2.96. The Hall–Kier alpha value is -3.59. The van der Waals surface area contributed by atoms with Gasteiger partial charge >= 0.3 is 5.69 Å². The van der Waals surface area contributed by atoms with Gasteiger partial charge in [0.25, 0.3) is 0 Å². The van der Waals surface area contributed by atoms with Crippen molar-refractivity contribution in [1.29, 1.82) is 0 Å². The number of rotatable bonds is 5. The number of benzene rings is 2. The molecular formula is C19H15F2N5O2. The molecule has 0 fully saturated rings. The summed E-state index contributed by atoms with van der Waals surface area (Å²) < 4.78 is 29.2. The molecule has 0 atom stereocenters. The van der Waals surface area contributed by atoms with Crippen LogP contribution in [0.2, 0.25) is 0 Å². The number of nitrogens with zero attached hydrogens (tertiary/aromatic N) is 4. The number of aromatic amines is 1. The summed E-state index contributed by atoms with van der Waals surface area (Å²) in [6.07, 6.45) is 3.32. The predicted molar refractivity (Wildman–Crippen MR) is 96.8 cm³/mol. The molecule has 0 spiro atoms. The van der Waals surface area contributed by atoms with Gasteiger partial charge in [-0.1, -0.05) is 12.1 Å². The van der Waals surface area contributed by atoms with Gasteiger partial charge in [0, 0.05) is 17.8 Å². The molecule has 28 heavy (non-hydrogen) atoms. The maximum absolute atomic E-state index is 13.4. The number of hydrogen-bond donors (Lipinski definition) is 2. The summed E-state index contributed by atoms with van der Waals surface area (Å²) in [5, 5.41) is 13.7. The molecule has 0 aliphatic carbocycles. The molecule has 2 heterocycles. The molecule has 0 aliphatic heterocycles. The first-order valence-electron chi connectivity index (χ1n) is 8.39. The molecule has 0 radical (unpaired) electrons. The standard InChI is InChI=1S/C19H15F2N5O2/c20-14-5-12(6-15(21)7-14)9-25-18(10-27)24-26(19(25)28)16-3-1-13(2-4-16)17-8-22-11-23-17/h1-8,11,27H,9-10H2,(H,22,23). The van der Waals surface area contributed by atoms with Crippen LogP contribution in [0.1, 0.15) is 11.4 Å². The van der Waals surface area contributed by atoms with Crippen LogP contribution >= 0.6 is 0 Å². The summed E-state index contributed by atoms with van der Waals surface area (Å²) >= 11 is 0. The van der Waals surface area contributed by atoms with Crippen LogP contribution in [0.4, 0.5) is 8.78 Å². The van der Waals surface area contributed by atoms with Crippen molar-refractivity contribution in [1.82, 2.24) is 24.3 Å². The maximum atomic E-state index is 13.4. The van der Waals surface area contributed by atoms with Gasteiger partial charge in [0.05, 0.1) is 24.3 Å². The first kappa shape index (κ1) is 17.8. The SMILES string of the molecule is O=c1n(-c2ccc(-c3c[nH]cn3)cc2)nc(CO)n1Cc1cc(F)cc(F)c1. The average molecular weight is 383 g/mol. The number of H-pyrrole nitrogens is 1. The van der Waals surface area contributed by atoms with E-state index < -0.39 is 23.9 Å². The fourth-order valence-electron chi connectivity index (χ4n) is 2.96. The Balaban J connectivity index is 1.70. The van der Waals surface area contributed by atoms with E-state index >= 15 is 0 Å². The summed E-state index contributed by atoms with van der Waals surface area (Å²) in [4.78, 5) is 19.8. The third-order valence-electron chi connectivity index (χ3n) is 4.25. The second-order valence-corrected chi connectivity index (χ2v) is 6.13. The van der Waals surface area contributed by atoms with Crippen molar-refractivity contribution in [3.05, 3.63) is 88.5 Å². The Labute approximate surface area is 157 Å². The highest BCUT2D eigenvalue weighted by molar-refractivity contribution is 5.59. The molecule has 0 bridgehead atoms. The average Bonchev–Trinajstić information content (AvgIpc) is 3.31. The third kappa shape index (κ3) is 3.35. The van der Waals surface area contributed by atoms with Crippen LogP contribution in [0.3, 0.4) is 0 Å². The second kappa shape index (κ2) is 7.20. The van der Waals surface area contributed by atoms with Gasteiger partial charge in [-0.05, 0) is 29.8 Å². The lowest BCUT2D eigenvalue weighted by Crippen LogP contribution is -2.25. The van der Waals surface area contributed by atoms with Crippen LogP contribution in [0.25, 0.3) is 16.9 Å². The number of nitrogens with one attached hydrogen (secondary N) is 1. The molecule has 0 saturated carbocycles. The third-order valence-corrected chi connectivity index (χ3v) is 4.25. The van der Waals surface area contributed by atoms with Gasteiger partial charge < -0.3 is 10.1 Å². The van der Waals surface area contributed by atoms with E-state index in [0.717, 1.165) is 34.1 Å². The van der Waals surface area contributed by atoms with Crippen LogP contribution < -0.4 is 5.69 Å². The van der Waals surface area contributed by atoms with Crippen molar-refractivity contribution >= 4 is 0 Å². The van der Waals surface area contributed by atoms with Gasteiger partial charge in [-0.15, -0.1) is 5.10 Å². The van der Waals surface area contributed by atoms with Crippen molar-refractivity contribution < 1.29 is 13.9 Å². The van der Waals surface area contributed by atoms with E-state index in [1.54, 1.807) is 36.8 Å². The monoisotopic (exact) mass is 383 g/mol. The molecule has 2 aromatic carbocycles. The van der Waals surface area contributed by atoms with Crippen molar-refractivity contribution in [3.63, 3.8) is 0 Å². The lowest BCUT2D eigenvalue weighted by Gasteiger charge is -2.05. The molecule has 0 amide bonds. The second-order valence-electron chi connectivity index (χ2n) is 6.13. The summed E-state index contributed by atoms with van der Waals surface area (Å²) in [5.41, 5.74) is 1.83. The molecule has 0 aliphatic rings. The molecule has 0 saturated heterocycles. The molecule has 0 unspecified atom stereocenters. The molecule has 142 valence electrons. The first-order valence-corrected chi connectivity index (χ1v) is 8.39. The van der Waals surface area contributed by atoms with Gasteiger partial charge in [0.2, 0.25) is 0 Å². The number of aliphatic hydroxyl groups excluding tert-OH is 1. The Bertz CT molecular complexity index is 1140. The summed E-state index contributed by atoms with van der Waals surface area (Å²) in [6.45, 7) is -0.611. The zero-order valence-electron chi connectivity index (χ0n) is 14.5. The van der Waals surface area contributed by atoms with E-state index in [4.69, 9.17) is 0 Å². The number of aromatic nitrogens is 5. The van der Waals surface area contributed by atoms with Crippen LogP contribution in [0.15, 0.2) is 59.8 Å².